The van der Waals surface area contributed by atoms with Gasteiger partial charge in [-0.1, -0.05) is 6.07 Å². The number of fused-ring (bicyclic) bond motifs is 2. The summed E-state index contributed by atoms with van der Waals surface area (Å²) in [5.74, 6) is -1.21. The average Bonchev–Trinajstić information content (AvgIpc) is 3.34. The fraction of sp³-hybridized carbons (Fsp3) is 0.444. The standard InChI is InChI=1S/C16H20N4O4S.C2HF3O2/c1-25(21,22)18-6-14-9-19(8-13-5-17-10-20(13)14)7-12-2-3-15-16(4-12)24-11-23-15;3-2(4,5)1(6)7/h2-5,10,14,18H,6-9,11H2,1H3;(H,6,7). The molecule has 0 amide bonds. The number of hydrogen-bond donors (Lipinski definition) is 2. The fourth-order valence-electron chi connectivity index (χ4n) is 3.29. The molecule has 14 heteroatoms. The van der Waals surface area contributed by atoms with Gasteiger partial charge in [0.25, 0.3) is 0 Å². The zero-order valence-electron chi connectivity index (χ0n) is 16.9. The Hall–Kier alpha value is -2.84. The molecule has 0 aliphatic carbocycles. The molecule has 32 heavy (non-hydrogen) atoms. The third-order valence-corrected chi connectivity index (χ3v) is 5.35. The van der Waals surface area contributed by atoms with Crippen molar-refractivity contribution in [2.75, 3.05) is 26.1 Å². The summed E-state index contributed by atoms with van der Waals surface area (Å²) in [4.78, 5) is 15.4. The highest BCUT2D eigenvalue weighted by Crippen LogP contribution is 2.33. The summed E-state index contributed by atoms with van der Waals surface area (Å²) in [6, 6.07) is 5.96. The van der Waals surface area contributed by atoms with Crippen LogP contribution in [0.1, 0.15) is 17.3 Å². The molecule has 2 aliphatic heterocycles. The van der Waals surface area contributed by atoms with Crippen LogP contribution < -0.4 is 14.2 Å². The van der Waals surface area contributed by atoms with Gasteiger partial charge in [-0.15, -0.1) is 0 Å². The van der Waals surface area contributed by atoms with Crippen molar-refractivity contribution in [2.24, 2.45) is 0 Å². The number of carbonyl (C=O) groups is 1. The van der Waals surface area contributed by atoms with Gasteiger partial charge in [0.1, 0.15) is 0 Å². The minimum absolute atomic E-state index is 0.00925. The first-order valence-corrected chi connectivity index (χ1v) is 11.2. The van der Waals surface area contributed by atoms with E-state index in [1.165, 1.54) is 6.26 Å². The first-order valence-electron chi connectivity index (χ1n) is 9.28. The molecule has 0 saturated carbocycles. The van der Waals surface area contributed by atoms with Gasteiger partial charge in [-0.25, -0.2) is 22.9 Å². The molecular weight excluding hydrogens is 457 g/mol. The summed E-state index contributed by atoms with van der Waals surface area (Å²) in [5.41, 5.74) is 2.21. The topological polar surface area (TPSA) is 123 Å². The molecule has 1 aromatic heterocycles. The molecule has 0 radical (unpaired) electrons. The number of carboxylic acid groups (broad SMARTS) is 1. The number of aliphatic carboxylic acids is 1. The van der Waals surface area contributed by atoms with Crippen molar-refractivity contribution in [1.82, 2.24) is 19.2 Å². The third kappa shape index (κ3) is 6.34. The first kappa shape index (κ1) is 23.8. The monoisotopic (exact) mass is 478 g/mol. The zero-order valence-corrected chi connectivity index (χ0v) is 17.7. The number of benzene rings is 1. The Kier molecular flexibility index (Phi) is 6.95. The molecule has 176 valence electrons. The lowest BCUT2D eigenvalue weighted by Gasteiger charge is -2.34. The molecule has 3 heterocycles. The Balaban J connectivity index is 0.000000360. The molecule has 1 unspecified atom stereocenters. The fourth-order valence-corrected chi connectivity index (χ4v) is 3.79. The number of carboxylic acids is 1. The van der Waals surface area contributed by atoms with Crippen molar-refractivity contribution in [3.63, 3.8) is 0 Å². The molecular formula is C18H21F3N4O6S. The van der Waals surface area contributed by atoms with Gasteiger partial charge in [0, 0.05) is 32.4 Å². The number of nitrogens with zero attached hydrogens (tertiary/aromatic N) is 3. The molecule has 0 saturated heterocycles. The van der Waals surface area contributed by atoms with E-state index in [1.54, 1.807) is 6.33 Å². The van der Waals surface area contributed by atoms with Crippen LogP contribution in [0, 0.1) is 0 Å². The Labute approximate surface area is 181 Å². The van der Waals surface area contributed by atoms with Crippen molar-refractivity contribution >= 4 is 16.0 Å². The maximum atomic E-state index is 11.4. The number of nitrogens with one attached hydrogen (secondary N) is 1. The zero-order chi connectivity index (χ0) is 23.5. The van der Waals surface area contributed by atoms with E-state index in [1.807, 2.05) is 29.0 Å². The highest BCUT2D eigenvalue weighted by molar-refractivity contribution is 7.88. The van der Waals surface area contributed by atoms with Crippen LogP contribution in [0.25, 0.3) is 0 Å². The summed E-state index contributed by atoms with van der Waals surface area (Å²) in [6.07, 6.45) is -0.309. The highest BCUT2D eigenvalue weighted by Gasteiger charge is 2.38. The quantitative estimate of drug-likeness (QED) is 0.660. The summed E-state index contributed by atoms with van der Waals surface area (Å²) >= 11 is 0. The molecule has 1 aromatic carbocycles. The summed E-state index contributed by atoms with van der Waals surface area (Å²) in [5, 5.41) is 7.12. The van der Waals surface area contributed by atoms with E-state index in [0.717, 1.165) is 42.4 Å². The summed E-state index contributed by atoms with van der Waals surface area (Å²) < 4.78 is 70.0. The van der Waals surface area contributed by atoms with Crippen molar-refractivity contribution in [2.45, 2.75) is 25.3 Å². The van der Waals surface area contributed by atoms with Crippen molar-refractivity contribution in [3.05, 3.63) is 42.0 Å². The maximum absolute atomic E-state index is 11.4. The molecule has 10 nitrogen and oxygen atoms in total. The Morgan fingerprint density at radius 1 is 1.31 bits per heavy atom. The van der Waals surface area contributed by atoms with Crippen LogP contribution in [-0.2, 0) is 27.9 Å². The summed E-state index contributed by atoms with van der Waals surface area (Å²) in [6.45, 7) is 2.86. The molecule has 2 aromatic rings. The molecule has 2 N–H and O–H groups in total. The van der Waals surface area contributed by atoms with E-state index in [4.69, 9.17) is 19.4 Å². The summed E-state index contributed by atoms with van der Waals surface area (Å²) in [7, 11) is -3.22. The van der Waals surface area contributed by atoms with Gasteiger partial charge in [0.05, 0.1) is 24.3 Å². The van der Waals surface area contributed by atoms with Crippen LogP contribution in [0.2, 0.25) is 0 Å². The number of hydrogen-bond acceptors (Lipinski definition) is 7. The van der Waals surface area contributed by atoms with E-state index >= 15 is 0 Å². The second kappa shape index (κ2) is 9.34. The highest BCUT2D eigenvalue weighted by atomic mass is 32.2. The van der Waals surface area contributed by atoms with E-state index < -0.39 is 22.2 Å². The minimum Gasteiger partial charge on any atom is -0.475 e. The van der Waals surface area contributed by atoms with Gasteiger partial charge in [0.15, 0.2) is 11.5 Å². The number of alkyl halides is 3. The lowest BCUT2D eigenvalue weighted by Crippen LogP contribution is -2.41. The normalized spacial score (nSPS) is 17.9. The number of rotatable bonds is 5. The Morgan fingerprint density at radius 2 is 2.00 bits per heavy atom. The molecule has 2 aliphatic rings. The van der Waals surface area contributed by atoms with E-state index in [9.17, 15) is 21.6 Å². The van der Waals surface area contributed by atoms with Gasteiger partial charge >= 0.3 is 12.1 Å². The molecule has 0 bridgehead atoms. The number of aromatic nitrogens is 2. The lowest BCUT2D eigenvalue weighted by atomic mass is 10.1. The van der Waals surface area contributed by atoms with Gasteiger partial charge in [0.2, 0.25) is 16.8 Å². The van der Waals surface area contributed by atoms with Crippen LogP contribution in [0.3, 0.4) is 0 Å². The number of imidazole rings is 1. The first-order chi connectivity index (χ1) is 14.9. The van der Waals surface area contributed by atoms with Gasteiger partial charge in [-0.2, -0.15) is 13.2 Å². The maximum Gasteiger partial charge on any atom is 0.490 e. The Bertz CT molecular complexity index is 1070. The predicted octanol–water partition coefficient (Wildman–Crippen LogP) is 1.35. The number of ether oxygens (including phenoxy) is 2. The predicted molar refractivity (Wildman–Crippen MR) is 104 cm³/mol. The van der Waals surface area contributed by atoms with Crippen molar-refractivity contribution < 1.29 is 41.0 Å². The molecule has 1 atom stereocenters. The molecule has 0 fully saturated rings. The molecule has 0 spiro atoms. The van der Waals surface area contributed by atoms with Gasteiger partial charge in [-0.05, 0) is 17.7 Å². The smallest absolute Gasteiger partial charge is 0.475 e. The Morgan fingerprint density at radius 3 is 2.66 bits per heavy atom. The SMILES string of the molecule is CS(=O)(=O)NCC1CN(Cc2ccc3c(c2)OCO3)Cc2cncn21.O=C(O)C(F)(F)F. The van der Waals surface area contributed by atoms with Crippen molar-refractivity contribution in [1.29, 1.82) is 0 Å². The van der Waals surface area contributed by atoms with Crippen molar-refractivity contribution in [3.8, 4) is 11.5 Å². The third-order valence-electron chi connectivity index (χ3n) is 4.66. The van der Waals surface area contributed by atoms with Crippen LogP contribution in [0.15, 0.2) is 30.7 Å². The van der Waals surface area contributed by atoms with Gasteiger partial charge in [-0.3, -0.25) is 4.90 Å². The minimum atomic E-state index is -5.08. The number of sulfonamides is 1. The molecule has 4 rings (SSSR count). The van der Waals surface area contributed by atoms with Crippen LogP contribution in [0.5, 0.6) is 11.5 Å². The van der Waals surface area contributed by atoms with Crippen LogP contribution in [0.4, 0.5) is 13.2 Å². The second-order valence-electron chi connectivity index (χ2n) is 7.23. The lowest BCUT2D eigenvalue weighted by molar-refractivity contribution is -0.192. The average molecular weight is 478 g/mol. The second-order valence-corrected chi connectivity index (χ2v) is 9.06. The van der Waals surface area contributed by atoms with Crippen LogP contribution in [-0.4, -0.2) is 66.3 Å². The van der Waals surface area contributed by atoms with E-state index in [2.05, 4.69) is 14.6 Å². The van der Waals surface area contributed by atoms with Crippen LogP contribution >= 0.6 is 0 Å². The van der Waals surface area contributed by atoms with E-state index in [0.29, 0.717) is 6.54 Å². The van der Waals surface area contributed by atoms with E-state index in [-0.39, 0.29) is 12.8 Å². The largest absolute Gasteiger partial charge is 0.490 e. The van der Waals surface area contributed by atoms with Gasteiger partial charge < -0.3 is 19.1 Å². The number of halogens is 3.